The summed E-state index contributed by atoms with van der Waals surface area (Å²) in [7, 11) is 0. The predicted molar refractivity (Wildman–Crippen MR) is 76.7 cm³/mol. The molecule has 0 spiro atoms. The Balaban J connectivity index is 1.48. The molecule has 4 atom stereocenters. The Morgan fingerprint density at radius 2 is 2.16 bits per heavy atom. The molecule has 0 radical (unpaired) electrons. The highest BCUT2D eigenvalue weighted by atomic mass is 16.1. The van der Waals surface area contributed by atoms with Crippen molar-refractivity contribution in [1.29, 1.82) is 0 Å². The second-order valence-electron chi connectivity index (χ2n) is 7.49. The minimum absolute atomic E-state index is 0.208. The fourth-order valence-corrected chi connectivity index (χ4v) is 4.66. The van der Waals surface area contributed by atoms with Gasteiger partial charge in [-0.2, -0.15) is 0 Å². The summed E-state index contributed by atoms with van der Waals surface area (Å²) in [5, 5.41) is 6.56. The molecule has 3 aliphatic carbocycles. The fraction of sp³-hybridized carbons (Fsp3) is 0.938. The third-order valence-corrected chi connectivity index (χ3v) is 6.21. The lowest BCUT2D eigenvalue weighted by atomic mass is 9.45. The average Bonchev–Trinajstić information content (AvgIpc) is 2.45. The maximum Gasteiger partial charge on any atom is 0.224 e. The van der Waals surface area contributed by atoms with Crippen LogP contribution in [0.5, 0.6) is 0 Å². The maximum atomic E-state index is 12.2. The van der Waals surface area contributed by atoms with Crippen molar-refractivity contribution in [2.45, 2.75) is 46.0 Å². The van der Waals surface area contributed by atoms with E-state index in [0.29, 0.717) is 5.41 Å². The molecule has 4 aliphatic rings. The van der Waals surface area contributed by atoms with Crippen LogP contribution in [0, 0.1) is 29.1 Å². The van der Waals surface area contributed by atoms with Crippen molar-refractivity contribution in [3.8, 4) is 0 Å². The van der Waals surface area contributed by atoms with Crippen LogP contribution in [0.15, 0.2) is 0 Å². The molecule has 2 bridgehead atoms. The lowest BCUT2D eigenvalue weighted by Gasteiger charge is -2.60. The SMILES string of the molecule is CC1(C)[C@H]2CC[C@@H](CNC(=O)C3CCCNC3)[C@@H]1C2. The Hall–Kier alpha value is -0.570. The van der Waals surface area contributed by atoms with Crippen LogP contribution in [-0.2, 0) is 4.79 Å². The Bertz CT molecular complexity index is 345. The summed E-state index contributed by atoms with van der Waals surface area (Å²) >= 11 is 0. The fourth-order valence-electron chi connectivity index (χ4n) is 4.66. The predicted octanol–water partition coefficient (Wildman–Crippen LogP) is 2.17. The summed E-state index contributed by atoms with van der Waals surface area (Å²) in [5.74, 6) is 3.01. The number of amides is 1. The molecule has 0 aromatic carbocycles. The number of fused-ring (bicyclic) bond motifs is 2. The highest BCUT2D eigenvalue weighted by Crippen LogP contribution is 2.61. The second-order valence-corrected chi connectivity index (χ2v) is 7.49. The van der Waals surface area contributed by atoms with Crippen LogP contribution in [0.2, 0.25) is 0 Å². The van der Waals surface area contributed by atoms with Crippen molar-refractivity contribution in [3.05, 3.63) is 0 Å². The van der Waals surface area contributed by atoms with E-state index in [1.54, 1.807) is 0 Å². The molecule has 4 fully saturated rings. The first-order valence-corrected chi connectivity index (χ1v) is 8.07. The number of rotatable bonds is 3. The molecular formula is C16H28N2O. The largest absolute Gasteiger partial charge is 0.356 e. The molecule has 3 heteroatoms. The number of nitrogens with one attached hydrogen (secondary N) is 2. The van der Waals surface area contributed by atoms with E-state index in [2.05, 4.69) is 24.5 Å². The molecular weight excluding hydrogens is 236 g/mol. The number of carbonyl (C=O) groups excluding carboxylic acids is 1. The van der Waals surface area contributed by atoms with Crippen LogP contribution in [0.3, 0.4) is 0 Å². The topological polar surface area (TPSA) is 41.1 Å². The van der Waals surface area contributed by atoms with Gasteiger partial charge in [-0.15, -0.1) is 0 Å². The monoisotopic (exact) mass is 264 g/mol. The van der Waals surface area contributed by atoms with Crippen molar-refractivity contribution in [3.63, 3.8) is 0 Å². The van der Waals surface area contributed by atoms with Crippen molar-refractivity contribution in [2.75, 3.05) is 19.6 Å². The number of hydrogen-bond donors (Lipinski definition) is 2. The molecule has 1 unspecified atom stereocenters. The molecule has 1 aliphatic heterocycles. The summed E-state index contributed by atoms with van der Waals surface area (Å²) in [4.78, 5) is 12.2. The first-order valence-electron chi connectivity index (χ1n) is 8.07. The molecule has 1 heterocycles. The normalized spacial score (nSPS) is 40.3. The van der Waals surface area contributed by atoms with Crippen LogP contribution in [0.25, 0.3) is 0 Å². The lowest BCUT2D eigenvalue weighted by molar-refractivity contribution is -0.128. The molecule has 108 valence electrons. The lowest BCUT2D eigenvalue weighted by Crippen LogP contribution is -2.55. The molecule has 0 aromatic rings. The van der Waals surface area contributed by atoms with E-state index in [1.807, 2.05) is 0 Å². The van der Waals surface area contributed by atoms with Gasteiger partial charge in [0.05, 0.1) is 5.92 Å². The number of carbonyl (C=O) groups is 1. The molecule has 0 aromatic heterocycles. The van der Waals surface area contributed by atoms with Crippen LogP contribution in [0.4, 0.5) is 0 Å². The summed E-state index contributed by atoms with van der Waals surface area (Å²) in [6.45, 7) is 7.70. The van der Waals surface area contributed by atoms with Gasteiger partial charge in [0.2, 0.25) is 5.91 Å². The van der Waals surface area contributed by atoms with Crippen molar-refractivity contribution < 1.29 is 4.79 Å². The van der Waals surface area contributed by atoms with Crippen LogP contribution >= 0.6 is 0 Å². The van der Waals surface area contributed by atoms with E-state index in [-0.39, 0.29) is 11.8 Å². The van der Waals surface area contributed by atoms with Gasteiger partial charge in [0.15, 0.2) is 0 Å². The quantitative estimate of drug-likeness (QED) is 0.820. The Morgan fingerprint density at radius 1 is 1.32 bits per heavy atom. The molecule has 3 nitrogen and oxygen atoms in total. The third kappa shape index (κ3) is 2.42. The highest BCUT2D eigenvalue weighted by Gasteiger charge is 2.53. The summed E-state index contributed by atoms with van der Waals surface area (Å²) in [5.41, 5.74) is 0.528. The molecule has 1 amide bonds. The van der Waals surface area contributed by atoms with Gasteiger partial charge >= 0.3 is 0 Å². The summed E-state index contributed by atoms with van der Waals surface area (Å²) in [6, 6.07) is 0. The standard InChI is InChI=1S/C16H28N2O/c1-16(2)13-6-5-11(14(16)8-13)10-18-15(19)12-4-3-7-17-9-12/h11-14,17H,3-10H2,1-2H3,(H,18,19)/t11-,12?,13-,14-/m0/s1. The van der Waals surface area contributed by atoms with Gasteiger partial charge in [-0.05, 0) is 61.8 Å². The number of piperidine rings is 1. The first kappa shape index (κ1) is 13.4. The van der Waals surface area contributed by atoms with E-state index in [1.165, 1.54) is 19.3 Å². The van der Waals surface area contributed by atoms with Gasteiger partial charge in [-0.1, -0.05) is 13.8 Å². The van der Waals surface area contributed by atoms with E-state index >= 15 is 0 Å². The summed E-state index contributed by atoms with van der Waals surface area (Å²) in [6.07, 6.45) is 6.29. The molecule has 1 saturated heterocycles. The van der Waals surface area contributed by atoms with Crippen molar-refractivity contribution in [1.82, 2.24) is 10.6 Å². The van der Waals surface area contributed by atoms with Crippen LogP contribution < -0.4 is 10.6 Å². The van der Waals surface area contributed by atoms with Gasteiger partial charge in [0.1, 0.15) is 0 Å². The van der Waals surface area contributed by atoms with E-state index in [9.17, 15) is 4.79 Å². The van der Waals surface area contributed by atoms with Crippen molar-refractivity contribution >= 4 is 5.91 Å². The minimum atomic E-state index is 0.208. The Labute approximate surface area is 116 Å². The zero-order chi connectivity index (χ0) is 13.5. The van der Waals surface area contributed by atoms with E-state index in [4.69, 9.17) is 0 Å². The molecule has 3 saturated carbocycles. The number of hydrogen-bond acceptors (Lipinski definition) is 2. The average molecular weight is 264 g/mol. The molecule has 19 heavy (non-hydrogen) atoms. The van der Waals surface area contributed by atoms with Gasteiger partial charge < -0.3 is 10.6 Å². The molecule has 4 rings (SSSR count). The van der Waals surface area contributed by atoms with Gasteiger partial charge in [-0.3, -0.25) is 4.79 Å². The summed E-state index contributed by atoms with van der Waals surface area (Å²) < 4.78 is 0. The van der Waals surface area contributed by atoms with Gasteiger partial charge in [-0.25, -0.2) is 0 Å². The van der Waals surface area contributed by atoms with E-state index < -0.39 is 0 Å². The second kappa shape index (κ2) is 5.08. The Morgan fingerprint density at radius 3 is 2.79 bits per heavy atom. The first-order chi connectivity index (χ1) is 9.09. The van der Waals surface area contributed by atoms with Crippen LogP contribution in [-0.4, -0.2) is 25.5 Å². The smallest absolute Gasteiger partial charge is 0.224 e. The van der Waals surface area contributed by atoms with Gasteiger partial charge in [0, 0.05) is 13.1 Å². The van der Waals surface area contributed by atoms with Gasteiger partial charge in [0.25, 0.3) is 0 Å². The van der Waals surface area contributed by atoms with Crippen LogP contribution in [0.1, 0.15) is 46.0 Å². The maximum absolute atomic E-state index is 12.2. The zero-order valence-corrected chi connectivity index (χ0v) is 12.4. The third-order valence-electron chi connectivity index (χ3n) is 6.21. The van der Waals surface area contributed by atoms with E-state index in [0.717, 1.165) is 50.2 Å². The zero-order valence-electron chi connectivity index (χ0n) is 12.4. The Kier molecular flexibility index (Phi) is 3.59. The minimum Gasteiger partial charge on any atom is -0.356 e. The van der Waals surface area contributed by atoms with Crippen molar-refractivity contribution in [2.24, 2.45) is 29.1 Å². The molecule has 2 N–H and O–H groups in total. The highest BCUT2D eigenvalue weighted by molar-refractivity contribution is 5.78.